The van der Waals surface area contributed by atoms with E-state index in [4.69, 9.17) is 9.47 Å². The average molecular weight is 389 g/mol. The molecule has 2 aliphatic rings. The number of amides is 1. The molecule has 3 rings (SSSR count). The van der Waals surface area contributed by atoms with Crippen LogP contribution in [0.5, 0.6) is 0 Å². The molecule has 28 heavy (non-hydrogen) atoms. The van der Waals surface area contributed by atoms with Crippen molar-refractivity contribution in [2.24, 2.45) is 11.3 Å². The molecule has 2 unspecified atom stereocenters. The van der Waals surface area contributed by atoms with Gasteiger partial charge in [-0.2, -0.15) is 0 Å². The van der Waals surface area contributed by atoms with E-state index in [-0.39, 0.29) is 24.6 Å². The third kappa shape index (κ3) is 4.66. The molecule has 6 heteroatoms. The quantitative estimate of drug-likeness (QED) is 0.780. The van der Waals surface area contributed by atoms with Crippen LogP contribution in [0.25, 0.3) is 0 Å². The van der Waals surface area contributed by atoms with Crippen molar-refractivity contribution in [1.82, 2.24) is 4.90 Å². The topological polar surface area (TPSA) is 76.1 Å². The van der Waals surface area contributed by atoms with E-state index < -0.39 is 17.1 Å². The first-order valence-electron chi connectivity index (χ1n) is 10.1. The number of rotatable bonds is 5. The number of hydrogen-bond donors (Lipinski definition) is 1. The fourth-order valence-electron chi connectivity index (χ4n) is 4.17. The van der Waals surface area contributed by atoms with E-state index in [0.29, 0.717) is 32.4 Å². The van der Waals surface area contributed by atoms with E-state index in [0.717, 1.165) is 12.0 Å². The summed E-state index contributed by atoms with van der Waals surface area (Å²) in [6.07, 6.45) is 1.61. The van der Waals surface area contributed by atoms with Crippen LogP contribution < -0.4 is 0 Å². The van der Waals surface area contributed by atoms with Crippen LogP contribution in [0, 0.1) is 11.3 Å². The van der Waals surface area contributed by atoms with Gasteiger partial charge in [-0.3, -0.25) is 4.79 Å². The van der Waals surface area contributed by atoms with Crippen molar-refractivity contribution in [3.63, 3.8) is 0 Å². The Balaban J connectivity index is 1.52. The number of ether oxygens (including phenoxy) is 2. The van der Waals surface area contributed by atoms with E-state index in [9.17, 15) is 14.7 Å². The van der Waals surface area contributed by atoms with Crippen LogP contribution in [0.3, 0.4) is 0 Å². The van der Waals surface area contributed by atoms with Crippen molar-refractivity contribution in [3.05, 3.63) is 35.9 Å². The molecule has 0 radical (unpaired) electrons. The minimum absolute atomic E-state index is 0.171. The van der Waals surface area contributed by atoms with Crippen LogP contribution in [0.15, 0.2) is 30.3 Å². The minimum atomic E-state index is -0.849. The first-order chi connectivity index (χ1) is 13.2. The molecule has 1 aliphatic heterocycles. The second-order valence-electron chi connectivity index (χ2n) is 9.08. The Morgan fingerprint density at radius 2 is 1.89 bits per heavy atom. The summed E-state index contributed by atoms with van der Waals surface area (Å²) in [7, 11) is 0. The third-order valence-corrected chi connectivity index (χ3v) is 5.62. The highest BCUT2D eigenvalue weighted by molar-refractivity contribution is 5.78. The molecule has 1 aromatic carbocycles. The first-order valence-corrected chi connectivity index (χ1v) is 10.1. The Bertz CT molecular complexity index is 693. The first kappa shape index (κ1) is 20.6. The van der Waals surface area contributed by atoms with Crippen LogP contribution >= 0.6 is 0 Å². The maximum Gasteiger partial charge on any atom is 0.410 e. The molecule has 1 aliphatic carbocycles. The average Bonchev–Trinajstić information content (AvgIpc) is 2.97. The molecule has 1 N–H and O–H groups in total. The van der Waals surface area contributed by atoms with E-state index in [2.05, 4.69) is 0 Å². The Labute approximate surface area is 166 Å². The predicted octanol–water partition coefficient (Wildman–Crippen LogP) is 3.52. The summed E-state index contributed by atoms with van der Waals surface area (Å²) in [6, 6.07) is 9.57. The molecule has 0 bridgehead atoms. The summed E-state index contributed by atoms with van der Waals surface area (Å²) < 4.78 is 11.0. The summed E-state index contributed by atoms with van der Waals surface area (Å²) in [4.78, 5) is 26.7. The van der Waals surface area contributed by atoms with E-state index in [1.807, 2.05) is 51.1 Å². The maximum atomic E-state index is 12.9. The summed E-state index contributed by atoms with van der Waals surface area (Å²) in [5.41, 5.74) is -0.483. The maximum absolute atomic E-state index is 12.9. The lowest BCUT2D eigenvalue weighted by Gasteiger charge is -2.43. The molecule has 2 fully saturated rings. The molecule has 1 amide bonds. The zero-order valence-corrected chi connectivity index (χ0v) is 17.0. The van der Waals surface area contributed by atoms with Gasteiger partial charge < -0.3 is 19.5 Å². The van der Waals surface area contributed by atoms with Crippen LogP contribution in [0.4, 0.5) is 4.79 Å². The van der Waals surface area contributed by atoms with Crippen molar-refractivity contribution < 1.29 is 24.2 Å². The number of nitrogens with zero attached hydrogens (tertiary/aromatic N) is 1. The van der Waals surface area contributed by atoms with Gasteiger partial charge in [0.2, 0.25) is 0 Å². The number of carbonyl (C=O) groups excluding carboxylic acids is 2. The summed E-state index contributed by atoms with van der Waals surface area (Å²) in [5, 5.41) is 10.6. The number of aliphatic hydroxyl groups excluding tert-OH is 1. The molecule has 2 atom stereocenters. The second kappa shape index (κ2) is 8.11. The van der Waals surface area contributed by atoms with Crippen LogP contribution in [-0.4, -0.2) is 46.9 Å². The molecule has 0 aromatic heterocycles. The molecular formula is C22H31NO5. The molecule has 1 saturated heterocycles. The van der Waals surface area contributed by atoms with Crippen LogP contribution in [0.2, 0.25) is 0 Å². The van der Waals surface area contributed by atoms with E-state index in [1.54, 1.807) is 4.90 Å². The second-order valence-corrected chi connectivity index (χ2v) is 9.08. The lowest BCUT2D eigenvalue weighted by Crippen LogP contribution is -2.54. The number of esters is 1. The smallest absolute Gasteiger partial charge is 0.410 e. The minimum Gasteiger partial charge on any atom is -0.459 e. The summed E-state index contributed by atoms with van der Waals surface area (Å²) in [6.45, 7) is 6.87. The number of benzene rings is 1. The van der Waals surface area contributed by atoms with Gasteiger partial charge in [-0.05, 0) is 57.9 Å². The molecule has 1 heterocycles. The molecular weight excluding hydrogens is 358 g/mol. The fraction of sp³-hybridized carbons (Fsp3) is 0.636. The number of likely N-dealkylation sites (tertiary alicyclic amines) is 1. The van der Waals surface area contributed by atoms with Crippen molar-refractivity contribution in [3.8, 4) is 0 Å². The summed E-state index contributed by atoms with van der Waals surface area (Å²) >= 11 is 0. The number of hydrogen-bond acceptors (Lipinski definition) is 5. The van der Waals surface area contributed by atoms with Gasteiger partial charge in [0.1, 0.15) is 12.2 Å². The molecule has 1 saturated carbocycles. The highest BCUT2D eigenvalue weighted by Crippen LogP contribution is 2.46. The van der Waals surface area contributed by atoms with Gasteiger partial charge in [0.25, 0.3) is 0 Å². The van der Waals surface area contributed by atoms with Gasteiger partial charge >= 0.3 is 12.1 Å². The molecule has 154 valence electrons. The van der Waals surface area contributed by atoms with Gasteiger partial charge in [-0.25, -0.2) is 4.79 Å². The van der Waals surface area contributed by atoms with Gasteiger partial charge in [0, 0.05) is 13.1 Å². The highest BCUT2D eigenvalue weighted by atomic mass is 16.6. The van der Waals surface area contributed by atoms with Crippen molar-refractivity contribution in [2.75, 3.05) is 13.1 Å². The fourth-order valence-corrected chi connectivity index (χ4v) is 4.17. The van der Waals surface area contributed by atoms with Gasteiger partial charge in [-0.15, -0.1) is 0 Å². The van der Waals surface area contributed by atoms with Gasteiger partial charge in [-0.1, -0.05) is 30.3 Å². The lowest BCUT2D eigenvalue weighted by molar-refractivity contribution is -0.176. The largest absolute Gasteiger partial charge is 0.459 e. The Kier molecular flexibility index (Phi) is 5.98. The van der Waals surface area contributed by atoms with Crippen molar-refractivity contribution in [1.29, 1.82) is 0 Å². The highest BCUT2D eigenvalue weighted by Gasteiger charge is 2.53. The normalized spacial score (nSPS) is 25.3. The summed E-state index contributed by atoms with van der Waals surface area (Å²) in [5.74, 6) is -0.139. The standard InChI is InChI=1S/C22H31NO5/c1-21(2,3)28-19(25)22(11-7-10-18(22)24)12-17-13-23(14-17)20(26)27-15-16-8-5-4-6-9-16/h4-6,8-9,17-18,24H,7,10-15H2,1-3H3. The molecule has 6 nitrogen and oxygen atoms in total. The van der Waals surface area contributed by atoms with Crippen molar-refractivity contribution >= 4 is 12.1 Å². The monoisotopic (exact) mass is 389 g/mol. The lowest BCUT2D eigenvalue weighted by atomic mass is 9.74. The Morgan fingerprint density at radius 1 is 1.21 bits per heavy atom. The Morgan fingerprint density at radius 3 is 2.46 bits per heavy atom. The molecule has 0 spiro atoms. The van der Waals surface area contributed by atoms with Crippen LogP contribution in [-0.2, 0) is 20.9 Å². The predicted molar refractivity (Wildman–Crippen MR) is 104 cm³/mol. The zero-order chi connectivity index (χ0) is 20.4. The van der Waals surface area contributed by atoms with Gasteiger partial charge in [0.15, 0.2) is 0 Å². The van der Waals surface area contributed by atoms with Gasteiger partial charge in [0.05, 0.1) is 11.5 Å². The van der Waals surface area contributed by atoms with E-state index in [1.165, 1.54) is 0 Å². The number of aliphatic hydroxyl groups is 1. The van der Waals surface area contributed by atoms with E-state index >= 15 is 0 Å². The van der Waals surface area contributed by atoms with Crippen molar-refractivity contribution in [2.45, 2.75) is 64.8 Å². The third-order valence-electron chi connectivity index (χ3n) is 5.62. The Hall–Kier alpha value is -2.08. The zero-order valence-electron chi connectivity index (χ0n) is 17.0. The van der Waals surface area contributed by atoms with Crippen LogP contribution in [0.1, 0.15) is 52.0 Å². The number of carbonyl (C=O) groups is 2. The SMILES string of the molecule is CC(C)(C)OC(=O)C1(CC2CN(C(=O)OCc3ccccc3)C2)CCCC1O. The molecule has 1 aromatic rings.